The molecule has 0 unspecified atom stereocenters. The number of halogens is 3. The van der Waals surface area contributed by atoms with Crippen LogP contribution in [-0.2, 0) is 16.0 Å². The zero-order valence-corrected chi connectivity index (χ0v) is 8.07. The SMILES string of the molecule is COC(=O)Cc1cc(Cl)c(F)cc1F. The van der Waals surface area contributed by atoms with E-state index in [9.17, 15) is 13.6 Å². The molecule has 0 aliphatic heterocycles. The van der Waals surface area contributed by atoms with Crippen LogP contribution in [0.5, 0.6) is 0 Å². The van der Waals surface area contributed by atoms with Gasteiger partial charge in [0, 0.05) is 11.6 Å². The van der Waals surface area contributed by atoms with Gasteiger partial charge in [0.05, 0.1) is 18.6 Å². The van der Waals surface area contributed by atoms with Crippen molar-refractivity contribution in [1.29, 1.82) is 0 Å². The predicted molar refractivity (Wildman–Crippen MR) is 47.1 cm³/mol. The van der Waals surface area contributed by atoms with Crippen molar-refractivity contribution in [2.24, 2.45) is 0 Å². The van der Waals surface area contributed by atoms with Crippen molar-refractivity contribution >= 4 is 17.6 Å². The normalized spacial score (nSPS) is 10.0. The van der Waals surface area contributed by atoms with Crippen LogP contribution in [0, 0.1) is 11.6 Å². The van der Waals surface area contributed by atoms with E-state index in [0.717, 1.165) is 6.07 Å². The minimum absolute atomic E-state index is 0.0169. The van der Waals surface area contributed by atoms with Crippen molar-refractivity contribution < 1.29 is 18.3 Å². The maximum atomic E-state index is 13.0. The van der Waals surface area contributed by atoms with Crippen molar-refractivity contribution in [3.05, 3.63) is 34.4 Å². The van der Waals surface area contributed by atoms with Gasteiger partial charge in [-0.15, -0.1) is 0 Å². The lowest BCUT2D eigenvalue weighted by molar-refractivity contribution is -0.139. The molecule has 1 rings (SSSR count). The maximum absolute atomic E-state index is 13.0. The summed E-state index contributed by atoms with van der Waals surface area (Å²) in [4.78, 5) is 10.8. The molecule has 0 radical (unpaired) electrons. The van der Waals surface area contributed by atoms with Crippen LogP contribution < -0.4 is 0 Å². The Kier molecular flexibility index (Phi) is 3.41. The molecule has 1 aromatic carbocycles. The zero-order valence-electron chi connectivity index (χ0n) is 7.31. The summed E-state index contributed by atoms with van der Waals surface area (Å²) in [5, 5.41) is -0.217. The molecule has 5 heteroatoms. The Morgan fingerprint density at radius 1 is 1.43 bits per heavy atom. The molecule has 0 heterocycles. The number of hydrogen-bond acceptors (Lipinski definition) is 2. The van der Waals surface area contributed by atoms with Gasteiger partial charge in [0.2, 0.25) is 0 Å². The first-order valence-corrected chi connectivity index (χ1v) is 4.12. The van der Waals surface area contributed by atoms with Gasteiger partial charge in [-0.25, -0.2) is 8.78 Å². The maximum Gasteiger partial charge on any atom is 0.310 e. The van der Waals surface area contributed by atoms with Crippen molar-refractivity contribution in [2.45, 2.75) is 6.42 Å². The van der Waals surface area contributed by atoms with E-state index in [-0.39, 0.29) is 17.0 Å². The molecule has 0 spiro atoms. The number of carbonyl (C=O) groups is 1. The van der Waals surface area contributed by atoms with Gasteiger partial charge in [0.15, 0.2) is 0 Å². The van der Waals surface area contributed by atoms with E-state index in [1.54, 1.807) is 0 Å². The largest absolute Gasteiger partial charge is 0.469 e. The molecular formula is C9H7ClF2O2. The fraction of sp³-hybridized carbons (Fsp3) is 0.222. The summed E-state index contributed by atoms with van der Waals surface area (Å²) >= 11 is 5.42. The fourth-order valence-electron chi connectivity index (χ4n) is 0.927. The number of benzene rings is 1. The third kappa shape index (κ3) is 2.42. The molecule has 14 heavy (non-hydrogen) atoms. The van der Waals surface area contributed by atoms with Crippen molar-refractivity contribution in [3.8, 4) is 0 Å². The first-order valence-electron chi connectivity index (χ1n) is 3.75. The first kappa shape index (κ1) is 10.9. The van der Waals surface area contributed by atoms with E-state index in [1.165, 1.54) is 7.11 Å². The quantitative estimate of drug-likeness (QED) is 0.565. The van der Waals surface area contributed by atoms with Gasteiger partial charge < -0.3 is 4.74 Å². The van der Waals surface area contributed by atoms with Crippen LogP contribution in [-0.4, -0.2) is 13.1 Å². The highest BCUT2D eigenvalue weighted by molar-refractivity contribution is 6.30. The molecule has 0 aromatic heterocycles. The second-order valence-corrected chi connectivity index (χ2v) is 3.02. The van der Waals surface area contributed by atoms with Crippen LogP contribution in [0.25, 0.3) is 0 Å². The van der Waals surface area contributed by atoms with Gasteiger partial charge in [-0.1, -0.05) is 11.6 Å². The van der Waals surface area contributed by atoms with Crippen molar-refractivity contribution in [3.63, 3.8) is 0 Å². The molecule has 76 valence electrons. The van der Waals surface area contributed by atoms with Gasteiger partial charge in [-0.3, -0.25) is 4.79 Å². The lowest BCUT2D eigenvalue weighted by atomic mass is 10.1. The van der Waals surface area contributed by atoms with E-state index in [0.29, 0.717) is 6.07 Å². The second-order valence-electron chi connectivity index (χ2n) is 2.61. The van der Waals surface area contributed by atoms with E-state index >= 15 is 0 Å². The lowest BCUT2D eigenvalue weighted by Gasteiger charge is -2.03. The Labute approximate surface area is 84.4 Å². The van der Waals surface area contributed by atoms with Crippen LogP contribution >= 0.6 is 11.6 Å². The summed E-state index contributed by atoms with van der Waals surface area (Å²) in [6.07, 6.45) is -0.262. The minimum atomic E-state index is -0.849. The number of methoxy groups -OCH3 is 1. The van der Waals surface area contributed by atoms with Crippen LogP contribution in [0.4, 0.5) is 8.78 Å². The molecule has 0 saturated carbocycles. The molecule has 0 saturated heterocycles. The van der Waals surface area contributed by atoms with Gasteiger partial charge >= 0.3 is 5.97 Å². The van der Waals surface area contributed by atoms with Crippen LogP contribution in [0.2, 0.25) is 5.02 Å². The number of carbonyl (C=O) groups excluding carboxylic acids is 1. The van der Waals surface area contributed by atoms with E-state index in [1.807, 2.05) is 0 Å². The highest BCUT2D eigenvalue weighted by Crippen LogP contribution is 2.19. The Balaban J connectivity index is 2.98. The molecule has 0 aliphatic rings. The third-order valence-corrected chi connectivity index (χ3v) is 1.94. The molecule has 2 nitrogen and oxygen atoms in total. The monoisotopic (exact) mass is 220 g/mol. The molecular weight excluding hydrogens is 214 g/mol. The smallest absolute Gasteiger partial charge is 0.310 e. The van der Waals surface area contributed by atoms with E-state index < -0.39 is 17.6 Å². The average molecular weight is 221 g/mol. The molecule has 0 fully saturated rings. The van der Waals surface area contributed by atoms with Gasteiger partial charge in [0.1, 0.15) is 11.6 Å². The Hall–Kier alpha value is -1.16. The standard InChI is InChI=1S/C9H7ClF2O2/c1-14-9(13)3-5-2-6(10)8(12)4-7(5)11/h2,4H,3H2,1H3. The molecule has 0 amide bonds. The van der Waals surface area contributed by atoms with Crippen LogP contribution in [0.3, 0.4) is 0 Å². The zero-order chi connectivity index (χ0) is 10.7. The second kappa shape index (κ2) is 4.37. The van der Waals surface area contributed by atoms with Gasteiger partial charge in [-0.2, -0.15) is 0 Å². The van der Waals surface area contributed by atoms with E-state index in [2.05, 4.69) is 4.74 Å². The summed E-state index contributed by atoms with van der Waals surface area (Å²) in [5.41, 5.74) is 0.0169. The first-order chi connectivity index (χ1) is 6.54. The minimum Gasteiger partial charge on any atom is -0.469 e. The van der Waals surface area contributed by atoms with Crippen LogP contribution in [0.1, 0.15) is 5.56 Å². The number of rotatable bonds is 2. The highest BCUT2D eigenvalue weighted by Gasteiger charge is 2.11. The molecule has 0 N–H and O–H groups in total. The van der Waals surface area contributed by atoms with Crippen molar-refractivity contribution in [2.75, 3.05) is 7.11 Å². The molecule has 0 aliphatic carbocycles. The fourth-order valence-corrected chi connectivity index (χ4v) is 1.11. The molecule has 0 bridgehead atoms. The topological polar surface area (TPSA) is 26.3 Å². The van der Waals surface area contributed by atoms with Crippen LogP contribution in [0.15, 0.2) is 12.1 Å². The third-order valence-electron chi connectivity index (χ3n) is 1.65. The molecule has 1 aromatic rings. The molecule has 0 atom stereocenters. The average Bonchev–Trinajstić information content (AvgIpc) is 2.14. The predicted octanol–water partition coefficient (Wildman–Crippen LogP) is 2.33. The summed E-state index contributed by atoms with van der Waals surface area (Å²) < 4.78 is 30.0. The Morgan fingerprint density at radius 3 is 2.64 bits per heavy atom. The summed E-state index contributed by atoms with van der Waals surface area (Å²) in [5.74, 6) is -2.26. The number of esters is 1. The Bertz CT molecular complexity index is 366. The van der Waals surface area contributed by atoms with E-state index in [4.69, 9.17) is 11.6 Å². The summed E-state index contributed by atoms with van der Waals surface area (Å²) in [7, 11) is 1.19. The number of hydrogen-bond donors (Lipinski definition) is 0. The summed E-state index contributed by atoms with van der Waals surface area (Å²) in [6.45, 7) is 0. The van der Waals surface area contributed by atoms with Gasteiger partial charge in [0.25, 0.3) is 0 Å². The van der Waals surface area contributed by atoms with Crippen molar-refractivity contribution in [1.82, 2.24) is 0 Å². The summed E-state index contributed by atoms with van der Waals surface area (Å²) in [6, 6.07) is 1.71. The number of ether oxygens (including phenoxy) is 1. The lowest BCUT2D eigenvalue weighted by Crippen LogP contribution is -2.06. The highest BCUT2D eigenvalue weighted by atomic mass is 35.5. The Morgan fingerprint density at radius 2 is 2.07 bits per heavy atom. The van der Waals surface area contributed by atoms with Gasteiger partial charge in [-0.05, 0) is 6.07 Å².